The van der Waals surface area contributed by atoms with Crippen LogP contribution in [0.4, 0.5) is 10.5 Å². The van der Waals surface area contributed by atoms with Gasteiger partial charge in [-0.25, -0.2) is 4.79 Å². The van der Waals surface area contributed by atoms with Crippen LogP contribution in [-0.2, 0) is 11.3 Å². The van der Waals surface area contributed by atoms with Crippen LogP contribution in [0.3, 0.4) is 0 Å². The lowest BCUT2D eigenvalue weighted by molar-refractivity contribution is -0.384. The maximum Gasteiger partial charge on any atom is 0.405 e. The summed E-state index contributed by atoms with van der Waals surface area (Å²) in [6.45, 7) is 10.0. The third kappa shape index (κ3) is 6.11. The number of carbonyl (C=O) groups is 1. The molecule has 0 fully saturated rings. The van der Waals surface area contributed by atoms with E-state index < -0.39 is 17.1 Å². The number of amides is 1. The van der Waals surface area contributed by atoms with Gasteiger partial charge in [-0.3, -0.25) is 19.8 Å². The van der Waals surface area contributed by atoms with Gasteiger partial charge in [-0.1, -0.05) is 6.08 Å². The smallest absolute Gasteiger partial charge is 0.405 e. The summed E-state index contributed by atoms with van der Waals surface area (Å²) in [5, 5.41) is 27.1. The van der Waals surface area contributed by atoms with Crippen LogP contribution in [0.5, 0.6) is 0 Å². The number of nitro groups is 1. The summed E-state index contributed by atoms with van der Waals surface area (Å²) in [5.41, 5.74) is 0.756. The largest absolute Gasteiger partial charge is 0.465 e. The highest BCUT2D eigenvalue weighted by atomic mass is 16.6. The van der Waals surface area contributed by atoms with Crippen LogP contribution >= 0.6 is 0 Å². The molecule has 156 valence electrons. The molecule has 0 radical (unpaired) electrons. The normalized spacial score (nSPS) is 12.4. The van der Waals surface area contributed by atoms with Gasteiger partial charge in [0, 0.05) is 11.8 Å². The fourth-order valence-corrected chi connectivity index (χ4v) is 2.77. The van der Waals surface area contributed by atoms with Crippen LogP contribution in [0, 0.1) is 10.1 Å². The van der Waals surface area contributed by atoms with E-state index in [2.05, 4.69) is 22.0 Å². The van der Waals surface area contributed by atoms with E-state index in [4.69, 9.17) is 9.84 Å². The van der Waals surface area contributed by atoms with E-state index in [9.17, 15) is 14.9 Å². The summed E-state index contributed by atoms with van der Waals surface area (Å²) < 4.78 is 7.21. The van der Waals surface area contributed by atoms with E-state index in [0.717, 1.165) is 0 Å². The lowest BCUT2D eigenvalue weighted by atomic mass is 10.1. The van der Waals surface area contributed by atoms with E-state index in [1.54, 1.807) is 18.2 Å². The van der Waals surface area contributed by atoms with Gasteiger partial charge in [-0.2, -0.15) is 5.10 Å². The predicted octanol–water partition coefficient (Wildman–Crippen LogP) is 3.55. The van der Waals surface area contributed by atoms with Crippen molar-refractivity contribution in [3.05, 3.63) is 53.0 Å². The fraction of sp³-hybridized carbons (Fsp3) is 0.421. The SMILES string of the molecule is C=CCC(NC(=O)O)c1cc(-c2c([N+](=O)[O-])cnn2CCOC(C)(C)C)ccn1. The molecule has 2 heterocycles. The molecule has 0 spiro atoms. The molecule has 0 aliphatic rings. The molecule has 0 aromatic carbocycles. The van der Waals surface area contributed by atoms with E-state index >= 15 is 0 Å². The van der Waals surface area contributed by atoms with Gasteiger partial charge in [0.25, 0.3) is 0 Å². The quantitative estimate of drug-likeness (QED) is 0.371. The second-order valence-corrected chi connectivity index (χ2v) is 7.32. The molecule has 0 bridgehead atoms. The molecule has 2 aromatic rings. The molecule has 29 heavy (non-hydrogen) atoms. The van der Waals surface area contributed by atoms with Crippen molar-refractivity contribution in [1.29, 1.82) is 0 Å². The Balaban J connectivity index is 2.41. The molecular weight excluding hydrogens is 378 g/mol. The van der Waals surface area contributed by atoms with Gasteiger partial charge < -0.3 is 15.2 Å². The Bertz CT molecular complexity index is 887. The van der Waals surface area contributed by atoms with Crippen molar-refractivity contribution in [2.75, 3.05) is 6.61 Å². The van der Waals surface area contributed by atoms with Gasteiger partial charge in [0.2, 0.25) is 0 Å². The zero-order valence-electron chi connectivity index (χ0n) is 16.7. The van der Waals surface area contributed by atoms with E-state index in [1.165, 1.54) is 17.1 Å². The van der Waals surface area contributed by atoms with Gasteiger partial charge in [-0.15, -0.1) is 6.58 Å². The van der Waals surface area contributed by atoms with Crippen LogP contribution in [0.25, 0.3) is 11.3 Å². The molecular formula is C19H25N5O5. The van der Waals surface area contributed by atoms with Gasteiger partial charge in [0.1, 0.15) is 11.9 Å². The van der Waals surface area contributed by atoms with Crippen molar-refractivity contribution < 1.29 is 19.6 Å². The standard InChI is InChI=1S/C19H25N5O5/c1-5-6-14(22-18(25)26)15-11-13(7-8-20-15)17-16(24(27)28)12-21-23(17)9-10-29-19(2,3)4/h5,7-8,11-12,14,22H,1,6,9-10H2,2-4H3,(H,25,26). The predicted molar refractivity (Wildman–Crippen MR) is 107 cm³/mol. The minimum atomic E-state index is -1.19. The van der Waals surface area contributed by atoms with Crippen LogP contribution < -0.4 is 5.32 Å². The third-order valence-electron chi connectivity index (χ3n) is 3.97. The zero-order valence-corrected chi connectivity index (χ0v) is 16.7. The number of hydrogen-bond acceptors (Lipinski definition) is 6. The number of rotatable bonds is 9. The van der Waals surface area contributed by atoms with Crippen molar-refractivity contribution >= 4 is 11.8 Å². The van der Waals surface area contributed by atoms with E-state index in [1.807, 2.05) is 20.8 Å². The Morgan fingerprint density at radius 3 is 2.83 bits per heavy atom. The first-order chi connectivity index (χ1) is 13.6. The summed E-state index contributed by atoms with van der Waals surface area (Å²) >= 11 is 0. The number of aromatic nitrogens is 3. The summed E-state index contributed by atoms with van der Waals surface area (Å²) in [7, 11) is 0. The summed E-state index contributed by atoms with van der Waals surface area (Å²) in [6, 6.07) is 2.62. The van der Waals surface area contributed by atoms with Gasteiger partial charge in [0.05, 0.1) is 35.4 Å². The Labute approximate surface area is 168 Å². The minimum absolute atomic E-state index is 0.149. The number of nitrogens with zero attached hydrogens (tertiary/aromatic N) is 4. The van der Waals surface area contributed by atoms with Crippen molar-refractivity contribution in [1.82, 2.24) is 20.1 Å². The van der Waals surface area contributed by atoms with E-state index in [0.29, 0.717) is 36.5 Å². The van der Waals surface area contributed by atoms with Crippen molar-refractivity contribution in [3.63, 3.8) is 0 Å². The van der Waals surface area contributed by atoms with Crippen molar-refractivity contribution in [2.45, 2.75) is 45.4 Å². The Morgan fingerprint density at radius 1 is 1.52 bits per heavy atom. The number of ether oxygens (including phenoxy) is 1. The minimum Gasteiger partial charge on any atom is -0.465 e. The zero-order chi connectivity index (χ0) is 21.6. The van der Waals surface area contributed by atoms with Gasteiger partial charge in [-0.05, 0) is 39.3 Å². The number of nitrogens with one attached hydrogen (secondary N) is 1. The van der Waals surface area contributed by atoms with Crippen LogP contribution in [0.2, 0.25) is 0 Å². The second-order valence-electron chi connectivity index (χ2n) is 7.32. The molecule has 0 saturated carbocycles. The molecule has 2 rings (SSSR count). The van der Waals surface area contributed by atoms with Crippen LogP contribution in [0.1, 0.15) is 38.9 Å². The first kappa shape index (κ1) is 22.0. The monoisotopic (exact) mass is 403 g/mol. The molecule has 2 N–H and O–H groups in total. The lowest BCUT2D eigenvalue weighted by Crippen LogP contribution is -2.27. The lowest BCUT2D eigenvalue weighted by Gasteiger charge is -2.20. The highest BCUT2D eigenvalue weighted by molar-refractivity contribution is 5.70. The van der Waals surface area contributed by atoms with E-state index in [-0.39, 0.29) is 11.3 Å². The first-order valence-electron chi connectivity index (χ1n) is 9.03. The molecule has 0 aliphatic heterocycles. The highest BCUT2D eigenvalue weighted by Gasteiger charge is 2.24. The molecule has 10 nitrogen and oxygen atoms in total. The number of hydrogen-bond donors (Lipinski definition) is 2. The molecule has 1 atom stereocenters. The molecule has 0 aliphatic carbocycles. The molecule has 1 unspecified atom stereocenters. The summed E-state index contributed by atoms with van der Waals surface area (Å²) in [6.07, 6.45) is 3.38. The second kappa shape index (κ2) is 9.28. The molecule has 0 saturated heterocycles. The average molecular weight is 403 g/mol. The van der Waals surface area contributed by atoms with Gasteiger partial charge >= 0.3 is 11.8 Å². The van der Waals surface area contributed by atoms with Crippen molar-refractivity contribution in [3.8, 4) is 11.3 Å². The maximum atomic E-state index is 11.5. The molecule has 1 amide bonds. The third-order valence-corrected chi connectivity index (χ3v) is 3.97. The Hall–Kier alpha value is -3.27. The maximum absolute atomic E-state index is 11.5. The Kier molecular flexibility index (Phi) is 7.05. The molecule has 10 heteroatoms. The fourth-order valence-electron chi connectivity index (χ4n) is 2.77. The number of pyridine rings is 1. The van der Waals surface area contributed by atoms with Crippen molar-refractivity contribution in [2.24, 2.45) is 0 Å². The Morgan fingerprint density at radius 2 is 2.24 bits per heavy atom. The topological polar surface area (TPSA) is 132 Å². The number of carboxylic acid groups (broad SMARTS) is 1. The highest BCUT2D eigenvalue weighted by Crippen LogP contribution is 2.31. The summed E-state index contributed by atoms with van der Waals surface area (Å²) in [5.74, 6) is 0. The summed E-state index contributed by atoms with van der Waals surface area (Å²) in [4.78, 5) is 26.3. The average Bonchev–Trinajstić information content (AvgIpc) is 3.04. The molecule has 2 aromatic heterocycles. The van der Waals surface area contributed by atoms with Crippen LogP contribution in [-0.4, -0.2) is 43.1 Å². The van der Waals surface area contributed by atoms with Crippen LogP contribution in [0.15, 0.2) is 37.2 Å². The van der Waals surface area contributed by atoms with Gasteiger partial charge in [0.15, 0.2) is 0 Å². The first-order valence-corrected chi connectivity index (χ1v) is 9.03.